The van der Waals surface area contributed by atoms with E-state index in [-0.39, 0.29) is 22.6 Å². The molecule has 1 atom stereocenters. The first kappa shape index (κ1) is 24.3. The van der Waals surface area contributed by atoms with E-state index in [0.717, 1.165) is 0 Å². The zero-order chi connectivity index (χ0) is 25.5. The van der Waals surface area contributed by atoms with Gasteiger partial charge in [-0.25, -0.2) is 0 Å². The Morgan fingerprint density at radius 2 is 1.74 bits per heavy atom. The minimum absolute atomic E-state index is 0.121. The Hall–Kier alpha value is -3.78. The second-order valence-corrected chi connectivity index (χ2v) is 9.52. The monoisotopic (exact) mass is 496 g/mol. The van der Waals surface area contributed by atoms with E-state index in [4.69, 9.17) is 25.6 Å². The van der Waals surface area contributed by atoms with Gasteiger partial charge in [-0.15, -0.1) is 0 Å². The van der Waals surface area contributed by atoms with Crippen LogP contribution < -0.4 is 14.4 Å². The molecule has 2 heterocycles. The zero-order valence-electron chi connectivity index (χ0n) is 20.0. The molecule has 0 bridgehead atoms. The topological polar surface area (TPSA) is 102 Å². The minimum Gasteiger partial charge on any atom is -0.507 e. The molecule has 1 saturated heterocycles. The van der Waals surface area contributed by atoms with Gasteiger partial charge in [-0.1, -0.05) is 37.5 Å². The van der Waals surface area contributed by atoms with Gasteiger partial charge in [0.2, 0.25) is 0 Å². The van der Waals surface area contributed by atoms with Crippen LogP contribution in [0.3, 0.4) is 0 Å². The molecule has 182 valence electrons. The number of carbonyl (C=O) groups excluding carboxylic acids is 2. The van der Waals surface area contributed by atoms with E-state index in [1.165, 1.54) is 19.1 Å². The Balaban J connectivity index is 1.99. The van der Waals surface area contributed by atoms with E-state index in [1.807, 2.05) is 20.8 Å². The summed E-state index contributed by atoms with van der Waals surface area (Å²) < 4.78 is 16.4. The van der Waals surface area contributed by atoms with Crippen LogP contribution in [-0.4, -0.2) is 36.2 Å². The smallest absolute Gasteiger partial charge is 0.301 e. The summed E-state index contributed by atoms with van der Waals surface area (Å²) >= 11 is 5.99. The van der Waals surface area contributed by atoms with Crippen LogP contribution in [0.1, 0.15) is 43.7 Å². The van der Waals surface area contributed by atoms with E-state index in [2.05, 4.69) is 5.16 Å². The summed E-state index contributed by atoms with van der Waals surface area (Å²) in [7, 11) is 2.98. The van der Waals surface area contributed by atoms with Crippen molar-refractivity contribution < 1.29 is 28.7 Å². The van der Waals surface area contributed by atoms with Gasteiger partial charge in [-0.3, -0.25) is 14.5 Å². The van der Waals surface area contributed by atoms with Gasteiger partial charge < -0.3 is 19.1 Å². The summed E-state index contributed by atoms with van der Waals surface area (Å²) in [6.45, 7) is 5.82. The largest absolute Gasteiger partial charge is 0.507 e. The van der Waals surface area contributed by atoms with E-state index >= 15 is 0 Å². The molecule has 35 heavy (non-hydrogen) atoms. The third-order valence-electron chi connectivity index (χ3n) is 5.78. The Kier molecular flexibility index (Phi) is 6.34. The van der Waals surface area contributed by atoms with Crippen molar-refractivity contribution in [3.05, 3.63) is 76.0 Å². The van der Waals surface area contributed by atoms with Gasteiger partial charge >= 0.3 is 5.91 Å². The fourth-order valence-electron chi connectivity index (χ4n) is 3.91. The summed E-state index contributed by atoms with van der Waals surface area (Å²) in [4.78, 5) is 27.9. The molecule has 1 aliphatic heterocycles. The fraction of sp³-hybridized carbons (Fsp3) is 0.269. The third-order valence-corrected chi connectivity index (χ3v) is 6.03. The lowest BCUT2D eigenvalue weighted by Gasteiger charge is -2.25. The molecule has 1 amide bonds. The number of nitrogens with zero attached hydrogens (tertiary/aromatic N) is 2. The number of hydrogen-bond donors (Lipinski definition) is 1. The zero-order valence-corrected chi connectivity index (χ0v) is 20.7. The highest BCUT2D eigenvalue weighted by molar-refractivity contribution is 6.51. The molecule has 1 N–H and O–H groups in total. The van der Waals surface area contributed by atoms with Crippen LogP contribution >= 0.6 is 11.6 Å². The normalized spacial score (nSPS) is 17.7. The number of ketones is 1. The molecule has 1 aliphatic rings. The Morgan fingerprint density at radius 1 is 1.06 bits per heavy atom. The number of methoxy groups -OCH3 is 2. The van der Waals surface area contributed by atoms with Crippen molar-refractivity contribution in [1.29, 1.82) is 0 Å². The first-order valence-corrected chi connectivity index (χ1v) is 11.2. The average molecular weight is 497 g/mol. The maximum Gasteiger partial charge on any atom is 0.301 e. The van der Waals surface area contributed by atoms with E-state index < -0.39 is 17.7 Å². The fourth-order valence-corrected chi connectivity index (χ4v) is 4.04. The predicted molar refractivity (Wildman–Crippen MR) is 131 cm³/mol. The number of amides is 1. The number of aliphatic hydroxyl groups excluding tert-OH is 1. The van der Waals surface area contributed by atoms with Crippen molar-refractivity contribution in [1.82, 2.24) is 5.16 Å². The number of aromatic nitrogens is 1. The molecule has 3 aromatic rings. The molecule has 4 rings (SSSR count). The Morgan fingerprint density at radius 3 is 2.31 bits per heavy atom. The second kappa shape index (κ2) is 9.11. The van der Waals surface area contributed by atoms with Crippen molar-refractivity contribution in [3.8, 4) is 11.5 Å². The number of halogens is 1. The van der Waals surface area contributed by atoms with Gasteiger partial charge in [0.25, 0.3) is 5.78 Å². The maximum atomic E-state index is 13.4. The number of rotatable bonds is 5. The average Bonchev–Trinajstić information content (AvgIpc) is 3.42. The standard InChI is InChI=1S/C26H25ClN2O6/c1-26(2,3)19-13-20(28-35-19)29-22(17-12-16(33-4)10-11-18(17)34-5)21(24(31)25(29)32)23(30)14-6-8-15(27)9-7-14/h6-13,22,30H,1-5H3/b23-21-. The number of Topliss-reactive ketones (excluding diaryl/α,β-unsaturated/α-hetero) is 1. The van der Waals surface area contributed by atoms with Crippen LogP contribution in [0.2, 0.25) is 5.02 Å². The summed E-state index contributed by atoms with van der Waals surface area (Å²) in [5.41, 5.74) is 0.256. The number of hydrogen-bond acceptors (Lipinski definition) is 7. The lowest BCUT2D eigenvalue weighted by molar-refractivity contribution is -0.132. The first-order chi connectivity index (χ1) is 16.6. The van der Waals surface area contributed by atoms with Crippen molar-refractivity contribution in [2.24, 2.45) is 0 Å². The van der Waals surface area contributed by atoms with Crippen molar-refractivity contribution in [3.63, 3.8) is 0 Å². The Bertz CT molecular complexity index is 1320. The summed E-state index contributed by atoms with van der Waals surface area (Å²) in [5, 5.41) is 15.8. The molecule has 0 spiro atoms. The SMILES string of the molecule is COc1ccc(OC)c(C2/C(=C(/O)c3ccc(Cl)cc3)C(=O)C(=O)N2c2cc(C(C)(C)C)on2)c1. The lowest BCUT2D eigenvalue weighted by atomic mass is 9.93. The molecule has 8 nitrogen and oxygen atoms in total. The molecule has 9 heteroatoms. The molecule has 1 unspecified atom stereocenters. The van der Waals surface area contributed by atoms with E-state index in [0.29, 0.717) is 33.4 Å². The first-order valence-electron chi connectivity index (χ1n) is 10.8. The molecule has 1 fully saturated rings. The maximum absolute atomic E-state index is 13.4. The van der Waals surface area contributed by atoms with E-state index in [9.17, 15) is 14.7 Å². The highest BCUT2D eigenvalue weighted by Gasteiger charge is 2.49. The van der Waals surface area contributed by atoms with Gasteiger partial charge in [-0.2, -0.15) is 0 Å². The number of carbonyl (C=O) groups is 2. The Labute approximate surface area is 207 Å². The van der Waals surface area contributed by atoms with Gasteiger partial charge in [0.05, 0.1) is 19.8 Å². The molecular formula is C26H25ClN2O6. The summed E-state index contributed by atoms with van der Waals surface area (Å²) in [6, 6.07) is 11.9. The van der Waals surface area contributed by atoms with Crippen molar-refractivity contribution >= 4 is 34.9 Å². The van der Waals surface area contributed by atoms with Gasteiger partial charge in [0.15, 0.2) is 5.82 Å². The lowest BCUT2D eigenvalue weighted by Crippen LogP contribution is -2.30. The number of aliphatic hydroxyl groups is 1. The summed E-state index contributed by atoms with van der Waals surface area (Å²) in [6.07, 6.45) is 0. The van der Waals surface area contributed by atoms with Crippen molar-refractivity contribution in [2.75, 3.05) is 19.1 Å². The van der Waals surface area contributed by atoms with Crippen LogP contribution in [0.15, 0.2) is 58.6 Å². The van der Waals surface area contributed by atoms with Crippen molar-refractivity contribution in [2.45, 2.75) is 32.2 Å². The number of ether oxygens (including phenoxy) is 2. The van der Waals surface area contributed by atoms with Gasteiger partial charge in [0, 0.05) is 27.6 Å². The minimum atomic E-state index is -1.06. The van der Waals surface area contributed by atoms with Gasteiger partial charge in [0.1, 0.15) is 29.1 Å². The van der Waals surface area contributed by atoms with Crippen LogP contribution in [0.25, 0.3) is 5.76 Å². The van der Waals surface area contributed by atoms with Crippen LogP contribution in [-0.2, 0) is 15.0 Å². The number of benzene rings is 2. The second-order valence-electron chi connectivity index (χ2n) is 9.08. The molecule has 0 saturated carbocycles. The molecule has 0 radical (unpaired) electrons. The van der Waals surface area contributed by atoms with Crippen LogP contribution in [0.4, 0.5) is 5.82 Å². The van der Waals surface area contributed by atoms with Gasteiger partial charge in [-0.05, 0) is 42.5 Å². The highest BCUT2D eigenvalue weighted by Crippen LogP contribution is 2.46. The predicted octanol–water partition coefficient (Wildman–Crippen LogP) is 5.27. The molecule has 0 aliphatic carbocycles. The van der Waals surface area contributed by atoms with E-state index in [1.54, 1.807) is 48.5 Å². The molecule has 2 aromatic carbocycles. The molecule has 1 aromatic heterocycles. The van der Waals surface area contributed by atoms with Crippen LogP contribution in [0, 0.1) is 0 Å². The quantitative estimate of drug-likeness (QED) is 0.291. The summed E-state index contributed by atoms with van der Waals surface area (Å²) in [5.74, 6) is -0.531. The third kappa shape index (κ3) is 4.37. The number of anilines is 1. The molecular weight excluding hydrogens is 472 g/mol. The van der Waals surface area contributed by atoms with Crippen LogP contribution in [0.5, 0.6) is 11.5 Å². The highest BCUT2D eigenvalue weighted by atomic mass is 35.5.